The number of para-hydroxylation sites is 1. The van der Waals surface area contributed by atoms with Crippen molar-refractivity contribution in [2.75, 3.05) is 6.61 Å². The third-order valence-corrected chi connectivity index (χ3v) is 8.09. The second-order valence-corrected chi connectivity index (χ2v) is 11.3. The normalized spacial score (nSPS) is 14.7. The molecule has 1 heterocycles. The highest BCUT2D eigenvalue weighted by molar-refractivity contribution is 9.11. The summed E-state index contributed by atoms with van der Waals surface area (Å²) in [4.78, 5) is 15.0. The summed E-state index contributed by atoms with van der Waals surface area (Å²) in [6.45, 7) is 6.33. The number of nitrogens with one attached hydrogen (secondary N) is 1. The SMILES string of the molecule is CC(=O)OC1CCc2c1cc(Br)c(Oc1ccc(OCCc3cc4ccccc4[nH]3)c(C(C)C)c1)c2Br. The first-order valence-corrected chi connectivity index (χ1v) is 14.1. The Kier molecular flexibility index (Phi) is 7.63. The summed E-state index contributed by atoms with van der Waals surface area (Å²) in [6, 6.07) is 18.5. The average molecular weight is 627 g/mol. The van der Waals surface area contributed by atoms with E-state index in [1.54, 1.807) is 0 Å². The average Bonchev–Trinajstić information content (AvgIpc) is 3.45. The van der Waals surface area contributed by atoms with Crippen molar-refractivity contribution in [1.29, 1.82) is 0 Å². The smallest absolute Gasteiger partial charge is 0.303 e. The van der Waals surface area contributed by atoms with Gasteiger partial charge in [0.25, 0.3) is 0 Å². The van der Waals surface area contributed by atoms with Gasteiger partial charge in [0.15, 0.2) is 5.75 Å². The first-order valence-electron chi connectivity index (χ1n) is 12.5. The van der Waals surface area contributed by atoms with Gasteiger partial charge in [-0.1, -0.05) is 32.0 Å². The van der Waals surface area contributed by atoms with Crippen LogP contribution in [0.5, 0.6) is 17.2 Å². The maximum Gasteiger partial charge on any atom is 0.303 e. The number of H-pyrrole nitrogens is 1. The number of carbonyl (C=O) groups excluding carboxylic acids is 1. The number of halogens is 2. The molecule has 5 rings (SSSR count). The number of benzene rings is 3. The van der Waals surface area contributed by atoms with Gasteiger partial charge < -0.3 is 19.2 Å². The van der Waals surface area contributed by atoms with Crippen molar-refractivity contribution < 1.29 is 19.0 Å². The number of aromatic amines is 1. The van der Waals surface area contributed by atoms with Crippen LogP contribution in [-0.2, 0) is 22.4 Å². The molecule has 4 aromatic rings. The van der Waals surface area contributed by atoms with Crippen LogP contribution >= 0.6 is 31.9 Å². The zero-order valence-corrected chi connectivity index (χ0v) is 24.2. The number of rotatable bonds is 8. The molecule has 0 radical (unpaired) electrons. The Labute approximate surface area is 233 Å². The highest BCUT2D eigenvalue weighted by Gasteiger charge is 2.30. The molecule has 192 valence electrons. The lowest BCUT2D eigenvalue weighted by Gasteiger charge is -2.18. The summed E-state index contributed by atoms with van der Waals surface area (Å²) in [7, 11) is 0. The third kappa shape index (κ3) is 5.58. The van der Waals surface area contributed by atoms with E-state index in [4.69, 9.17) is 14.2 Å². The van der Waals surface area contributed by atoms with E-state index >= 15 is 0 Å². The monoisotopic (exact) mass is 625 g/mol. The molecular weight excluding hydrogens is 598 g/mol. The van der Waals surface area contributed by atoms with Crippen LogP contribution in [0.1, 0.15) is 61.6 Å². The Morgan fingerprint density at radius 1 is 1.11 bits per heavy atom. The van der Waals surface area contributed by atoms with Crippen LogP contribution < -0.4 is 9.47 Å². The third-order valence-electron chi connectivity index (χ3n) is 6.66. The van der Waals surface area contributed by atoms with Gasteiger partial charge in [-0.2, -0.15) is 0 Å². The van der Waals surface area contributed by atoms with Crippen LogP contribution in [0.4, 0.5) is 0 Å². The van der Waals surface area contributed by atoms with Gasteiger partial charge in [-0.15, -0.1) is 0 Å². The van der Waals surface area contributed by atoms with E-state index in [1.165, 1.54) is 12.3 Å². The van der Waals surface area contributed by atoms with E-state index in [0.29, 0.717) is 12.4 Å². The second-order valence-electron chi connectivity index (χ2n) is 9.64. The second kappa shape index (κ2) is 10.9. The number of esters is 1. The molecule has 0 spiro atoms. The summed E-state index contributed by atoms with van der Waals surface area (Å²) >= 11 is 7.40. The van der Waals surface area contributed by atoms with Gasteiger partial charge in [-0.05, 0) is 104 Å². The van der Waals surface area contributed by atoms with Crippen molar-refractivity contribution in [2.24, 2.45) is 0 Å². The minimum Gasteiger partial charge on any atom is -0.493 e. The molecule has 0 amide bonds. The molecule has 3 aromatic carbocycles. The number of carbonyl (C=O) groups is 1. The minimum absolute atomic E-state index is 0.220. The van der Waals surface area contributed by atoms with Gasteiger partial charge in [0.2, 0.25) is 0 Å². The lowest BCUT2D eigenvalue weighted by molar-refractivity contribution is -0.146. The first-order chi connectivity index (χ1) is 17.8. The Balaban J connectivity index is 1.32. The summed E-state index contributed by atoms with van der Waals surface area (Å²) in [5.41, 5.74) is 5.54. The molecule has 0 fully saturated rings. The van der Waals surface area contributed by atoms with Gasteiger partial charge in [0.05, 0.1) is 15.6 Å². The van der Waals surface area contributed by atoms with Crippen molar-refractivity contribution in [1.82, 2.24) is 4.98 Å². The van der Waals surface area contributed by atoms with Crippen LogP contribution in [0.25, 0.3) is 10.9 Å². The number of fused-ring (bicyclic) bond motifs is 2. The van der Waals surface area contributed by atoms with Crippen LogP contribution in [0.15, 0.2) is 63.5 Å². The standard InChI is InChI=1S/C30H29Br2NO4/c1-17(2)23-15-21(8-10-27(23)35-13-12-20-14-19-6-4-5-7-26(19)33-20)37-30-25(31)16-24-22(29(30)32)9-11-28(24)36-18(3)34/h4-8,10,14-17,28,33H,9,11-13H2,1-3H3. The number of aromatic nitrogens is 1. The fourth-order valence-electron chi connectivity index (χ4n) is 4.88. The highest BCUT2D eigenvalue weighted by Crippen LogP contribution is 2.47. The fraction of sp³-hybridized carbons (Fsp3) is 0.300. The van der Waals surface area contributed by atoms with Gasteiger partial charge >= 0.3 is 5.97 Å². The van der Waals surface area contributed by atoms with Crippen LogP contribution in [0.2, 0.25) is 0 Å². The van der Waals surface area contributed by atoms with Gasteiger partial charge in [-0.3, -0.25) is 4.79 Å². The van der Waals surface area contributed by atoms with E-state index < -0.39 is 0 Å². The van der Waals surface area contributed by atoms with Crippen molar-refractivity contribution in [2.45, 2.75) is 52.1 Å². The van der Waals surface area contributed by atoms with Gasteiger partial charge in [-0.25, -0.2) is 0 Å². The van der Waals surface area contributed by atoms with Crippen LogP contribution in [0.3, 0.4) is 0 Å². The molecule has 5 nitrogen and oxygen atoms in total. The number of hydrogen-bond acceptors (Lipinski definition) is 4. The van der Waals surface area contributed by atoms with Crippen molar-refractivity contribution in [3.8, 4) is 17.2 Å². The number of ether oxygens (including phenoxy) is 3. The van der Waals surface area contributed by atoms with E-state index in [1.807, 2.05) is 24.3 Å². The van der Waals surface area contributed by atoms with Crippen molar-refractivity contribution >= 4 is 48.7 Å². The molecule has 37 heavy (non-hydrogen) atoms. The maximum absolute atomic E-state index is 11.5. The van der Waals surface area contributed by atoms with Crippen LogP contribution in [0, 0.1) is 0 Å². The van der Waals surface area contributed by atoms with Crippen molar-refractivity contribution in [3.63, 3.8) is 0 Å². The van der Waals surface area contributed by atoms with E-state index in [2.05, 4.69) is 81.0 Å². The van der Waals surface area contributed by atoms with E-state index in [0.717, 1.165) is 67.6 Å². The molecule has 1 N–H and O–H groups in total. The Morgan fingerprint density at radius 2 is 1.92 bits per heavy atom. The predicted molar refractivity (Wildman–Crippen MR) is 153 cm³/mol. The van der Waals surface area contributed by atoms with E-state index in [-0.39, 0.29) is 18.0 Å². The quantitative estimate of drug-likeness (QED) is 0.199. The van der Waals surface area contributed by atoms with Crippen LogP contribution in [-0.4, -0.2) is 17.6 Å². The first kappa shape index (κ1) is 25.9. The number of hydrogen-bond donors (Lipinski definition) is 1. The molecular formula is C30H29Br2NO4. The largest absolute Gasteiger partial charge is 0.493 e. The molecule has 1 unspecified atom stereocenters. The topological polar surface area (TPSA) is 60.6 Å². The molecule has 0 bridgehead atoms. The lowest BCUT2D eigenvalue weighted by atomic mass is 10.0. The summed E-state index contributed by atoms with van der Waals surface area (Å²) in [5.74, 6) is 2.32. The predicted octanol–water partition coefficient (Wildman–Crippen LogP) is 8.78. The summed E-state index contributed by atoms with van der Waals surface area (Å²) in [6.07, 6.45) is 2.17. The zero-order valence-electron chi connectivity index (χ0n) is 21.1. The zero-order chi connectivity index (χ0) is 26.1. The molecule has 0 aliphatic heterocycles. The highest BCUT2D eigenvalue weighted by atomic mass is 79.9. The van der Waals surface area contributed by atoms with Crippen molar-refractivity contribution in [3.05, 3.63) is 85.9 Å². The fourth-order valence-corrected chi connectivity index (χ4v) is 6.39. The minimum atomic E-state index is -0.268. The summed E-state index contributed by atoms with van der Waals surface area (Å²) < 4.78 is 19.8. The molecule has 7 heteroatoms. The van der Waals surface area contributed by atoms with Gasteiger partial charge in [0.1, 0.15) is 17.6 Å². The summed E-state index contributed by atoms with van der Waals surface area (Å²) in [5, 5.41) is 1.22. The molecule has 1 aromatic heterocycles. The lowest BCUT2D eigenvalue weighted by Crippen LogP contribution is -2.05. The Morgan fingerprint density at radius 3 is 2.68 bits per heavy atom. The molecule has 1 aliphatic rings. The molecule has 0 saturated heterocycles. The molecule has 0 saturated carbocycles. The molecule has 1 aliphatic carbocycles. The Bertz CT molecular complexity index is 1430. The Hall–Kier alpha value is -2.77. The maximum atomic E-state index is 11.5. The molecule has 1 atom stereocenters. The van der Waals surface area contributed by atoms with Gasteiger partial charge in [0, 0.05) is 30.1 Å². The van der Waals surface area contributed by atoms with E-state index in [9.17, 15) is 4.79 Å².